The summed E-state index contributed by atoms with van der Waals surface area (Å²) in [7, 11) is 0. The van der Waals surface area contributed by atoms with Crippen molar-refractivity contribution in [1.29, 1.82) is 0 Å². The summed E-state index contributed by atoms with van der Waals surface area (Å²) in [6.07, 6.45) is 1.59. The lowest BCUT2D eigenvalue weighted by atomic mass is 10.1. The van der Waals surface area contributed by atoms with E-state index in [1.165, 1.54) is 17.0 Å². The molecule has 3 rings (SSSR count). The zero-order chi connectivity index (χ0) is 17.8. The first kappa shape index (κ1) is 17.1. The van der Waals surface area contributed by atoms with E-state index in [9.17, 15) is 9.18 Å². The van der Waals surface area contributed by atoms with Gasteiger partial charge in [0.15, 0.2) is 0 Å². The van der Waals surface area contributed by atoms with E-state index in [1.54, 1.807) is 42.6 Å². The number of pyridine rings is 1. The molecule has 2 aromatic carbocycles. The summed E-state index contributed by atoms with van der Waals surface area (Å²) in [6.45, 7) is 1.94. The first-order valence-corrected chi connectivity index (χ1v) is 8.16. The summed E-state index contributed by atoms with van der Waals surface area (Å²) in [5, 5.41) is 0.276. The third kappa shape index (κ3) is 3.86. The number of hydrogen-bond acceptors (Lipinski definition) is 2. The van der Waals surface area contributed by atoms with Crippen LogP contribution in [0.15, 0.2) is 66.9 Å². The van der Waals surface area contributed by atoms with Crippen molar-refractivity contribution in [3.8, 4) is 0 Å². The van der Waals surface area contributed by atoms with E-state index >= 15 is 0 Å². The van der Waals surface area contributed by atoms with Gasteiger partial charge in [-0.2, -0.15) is 0 Å². The van der Waals surface area contributed by atoms with Gasteiger partial charge in [0.25, 0.3) is 5.91 Å². The zero-order valence-corrected chi connectivity index (χ0v) is 14.4. The minimum Gasteiger partial charge on any atom is -0.288 e. The molecule has 0 unspecified atom stereocenters. The molecule has 5 heteroatoms. The number of hydrogen-bond donors (Lipinski definition) is 0. The molecule has 0 bridgehead atoms. The molecule has 126 valence electrons. The summed E-state index contributed by atoms with van der Waals surface area (Å²) in [5.41, 5.74) is 1.82. The number of anilines is 1. The second-order valence-corrected chi connectivity index (χ2v) is 6.05. The molecule has 0 aliphatic heterocycles. The first-order valence-electron chi connectivity index (χ1n) is 7.78. The molecule has 0 radical (unpaired) electrons. The number of rotatable bonds is 4. The Hall–Kier alpha value is -2.72. The van der Waals surface area contributed by atoms with Crippen molar-refractivity contribution in [2.45, 2.75) is 13.5 Å². The monoisotopic (exact) mass is 354 g/mol. The van der Waals surface area contributed by atoms with Gasteiger partial charge in [-0.25, -0.2) is 9.37 Å². The van der Waals surface area contributed by atoms with Crippen LogP contribution in [-0.2, 0) is 6.54 Å². The van der Waals surface area contributed by atoms with Gasteiger partial charge < -0.3 is 0 Å². The van der Waals surface area contributed by atoms with Gasteiger partial charge in [0.1, 0.15) is 11.6 Å². The van der Waals surface area contributed by atoms with Crippen LogP contribution in [0, 0.1) is 12.7 Å². The van der Waals surface area contributed by atoms with E-state index < -0.39 is 5.82 Å². The van der Waals surface area contributed by atoms with Gasteiger partial charge >= 0.3 is 0 Å². The molecule has 1 aromatic heterocycles. The van der Waals surface area contributed by atoms with Gasteiger partial charge in [-0.3, -0.25) is 9.69 Å². The van der Waals surface area contributed by atoms with E-state index in [2.05, 4.69) is 4.98 Å². The van der Waals surface area contributed by atoms with E-state index in [-0.39, 0.29) is 23.0 Å². The number of aryl methyl sites for hydroxylation is 1. The number of amides is 1. The molecule has 1 heterocycles. The highest BCUT2D eigenvalue weighted by Gasteiger charge is 2.21. The lowest BCUT2D eigenvalue weighted by Gasteiger charge is -2.23. The van der Waals surface area contributed by atoms with Crippen molar-refractivity contribution >= 4 is 23.3 Å². The van der Waals surface area contributed by atoms with Crippen molar-refractivity contribution < 1.29 is 9.18 Å². The van der Waals surface area contributed by atoms with Crippen LogP contribution in [0.2, 0.25) is 5.02 Å². The normalized spacial score (nSPS) is 10.5. The smallest absolute Gasteiger partial charge is 0.259 e. The van der Waals surface area contributed by atoms with Crippen molar-refractivity contribution in [3.63, 3.8) is 0 Å². The van der Waals surface area contributed by atoms with Crippen LogP contribution in [0.1, 0.15) is 21.5 Å². The number of benzene rings is 2. The summed E-state index contributed by atoms with van der Waals surface area (Å²) in [5.74, 6) is -0.282. The molecule has 1 amide bonds. The second kappa shape index (κ2) is 7.45. The molecular formula is C20H16ClFN2O. The predicted octanol–water partition coefficient (Wildman–Crippen LogP) is 5.03. The van der Waals surface area contributed by atoms with Crippen LogP contribution in [0.5, 0.6) is 0 Å². The molecule has 0 N–H and O–H groups in total. The minimum atomic E-state index is -0.454. The Bertz CT molecular complexity index is 862. The third-order valence-corrected chi connectivity index (χ3v) is 4.20. The second-order valence-electron chi connectivity index (χ2n) is 5.65. The number of halogens is 2. The minimum absolute atomic E-state index is 0.00473. The molecule has 0 aliphatic carbocycles. The average molecular weight is 355 g/mol. The number of carbonyl (C=O) groups is 1. The largest absolute Gasteiger partial charge is 0.288 e. The Labute approximate surface area is 150 Å². The number of aromatic nitrogens is 1. The predicted molar refractivity (Wildman–Crippen MR) is 97.3 cm³/mol. The summed E-state index contributed by atoms with van der Waals surface area (Å²) < 4.78 is 14.2. The summed E-state index contributed by atoms with van der Waals surface area (Å²) in [6, 6.07) is 16.9. The van der Waals surface area contributed by atoms with Crippen LogP contribution < -0.4 is 4.90 Å². The average Bonchev–Trinajstić information content (AvgIpc) is 2.62. The molecule has 0 saturated carbocycles. The lowest BCUT2D eigenvalue weighted by molar-refractivity contribution is 0.0984. The van der Waals surface area contributed by atoms with Gasteiger partial charge in [0.2, 0.25) is 0 Å². The van der Waals surface area contributed by atoms with Gasteiger partial charge in [-0.15, -0.1) is 0 Å². The maximum atomic E-state index is 14.2. The Morgan fingerprint density at radius 1 is 1.08 bits per heavy atom. The van der Waals surface area contributed by atoms with Crippen LogP contribution in [0.4, 0.5) is 10.2 Å². The summed E-state index contributed by atoms with van der Waals surface area (Å²) >= 11 is 6.13. The Kier molecular flexibility index (Phi) is 5.10. The van der Waals surface area contributed by atoms with Crippen LogP contribution in [0.3, 0.4) is 0 Å². The molecule has 0 aliphatic rings. The van der Waals surface area contributed by atoms with Crippen LogP contribution >= 0.6 is 11.6 Å². The fraction of sp³-hybridized carbons (Fsp3) is 0.100. The van der Waals surface area contributed by atoms with Crippen LogP contribution in [-0.4, -0.2) is 10.9 Å². The first-order chi connectivity index (χ1) is 12.1. The molecular weight excluding hydrogens is 339 g/mol. The van der Waals surface area contributed by atoms with Crippen molar-refractivity contribution in [2.24, 2.45) is 0 Å². The maximum Gasteiger partial charge on any atom is 0.259 e. The molecule has 3 nitrogen and oxygen atoms in total. The highest BCUT2D eigenvalue weighted by Crippen LogP contribution is 2.24. The highest BCUT2D eigenvalue weighted by molar-refractivity contribution is 6.31. The lowest BCUT2D eigenvalue weighted by Crippen LogP contribution is -2.31. The van der Waals surface area contributed by atoms with Gasteiger partial charge in [-0.05, 0) is 43.3 Å². The van der Waals surface area contributed by atoms with Crippen molar-refractivity contribution in [2.75, 3.05) is 4.90 Å². The molecule has 3 aromatic rings. The summed E-state index contributed by atoms with van der Waals surface area (Å²) in [4.78, 5) is 18.7. The van der Waals surface area contributed by atoms with Crippen molar-refractivity contribution in [3.05, 3.63) is 94.4 Å². The van der Waals surface area contributed by atoms with Gasteiger partial charge in [-0.1, -0.05) is 41.4 Å². The topological polar surface area (TPSA) is 33.2 Å². The molecule has 0 fully saturated rings. The molecule has 25 heavy (non-hydrogen) atoms. The number of nitrogens with zero attached hydrogens (tertiary/aromatic N) is 2. The Morgan fingerprint density at radius 2 is 1.84 bits per heavy atom. The van der Waals surface area contributed by atoms with E-state index in [4.69, 9.17) is 11.6 Å². The SMILES string of the molecule is Cc1ccc(C(=O)N(Cc2c(F)cccc2Cl)c2ccccn2)cc1. The molecule has 0 saturated heterocycles. The Morgan fingerprint density at radius 3 is 2.48 bits per heavy atom. The fourth-order valence-corrected chi connectivity index (χ4v) is 2.69. The standard InChI is InChI=1S/C20H16ClFN2O/c1-14-8-10-15(11-9-14)20(25)24(19-7-2-3-12-23-19)13-16-17(21)5-4-6-18(16)22/h2-12H,13H2,1H3. The van der Waals surface area contributed by atoms with Crippen molar-refractivity contribution in [1.82, 2.24) is 4.98 Å². The van der Waals surface area contributed by atoms with E-state index in [0.717, 1.165) is 5.56 Å². The van der Waals surface area contributed by atoms with Gasteiger partial charge in [0, 0.05) is 22.3 Å². The third-order valence-electron chi connectivity index (χ3n) is 3.85. The zero-order valence-electron chi connectivity index (χ0n) is 13.6. The fourth-order valence-electron chi connectivity index (χ4n) is 2.46. The highest BCUT2D eigenvalue weighted by atomic mass is 35.5. The van der Waals surface area contributed by atoms with E-state index in [0.29, 0.717) is 11.4 Å². The molecule has 0 atom stereocenters. The van der Waals surface area contributed by atoms with Crippen LogP contribution in [0.25, 0.3) is 0 Å². The van der Waals surface area contributed by atoms with E-state index in [1.807, 2.05) is 19.1 Å². The van der Waals surface area contributed by atoms with Gasteiger partial charge in [0.05, 0.1) is 6.54 Å². The quantitative estimate of drug-likeness (QED) is 0.658. The maximum absolute atomic E-state index is 14.2. The Balaban J connectivity index is 2.01. The molecule has 0 spiro atoms. The number of carbonyl (C=O) groups excluding carboxylic acids is 1.